The van der Waals surface area contributed by atoms with Gasteiger partial charge >= 0.3 is 5.97 Å². The number of esters is 1. The quantitative estimate of drug-likeness (QED) is 0.290. The summed E-state index contributed by atoms with van der Waals surface area (Å²) in [4.78, 5) is 11.8. The van der Waals surface area contributed by atoms with E-state index < -0.39 is 5.97 Å². The van der Waals surface area contributed by atoms with E-state index in [0.717, 1.165) is 16.7 Å². The third kappa shape index (κ3) is 5.22. The first-order valence-corrected chi connectivity index (χ1v) is 8.33. The van der Waals surface area contributed by atoms with E-state index in [-0.39, 0.29) is 0 Å². The summed E-state index contributed by atoms with van der Waals surface area (Å²) in [6.07, 6.45) is 3.14. The van der Waals surface area contributed by atoms with Crippen LogP contribution in [-0.2, 0) is 4.79 Å². The van der Waals surface area contributed by atoms with Crippen molar-refractivity contribution in [3.63, 3.8) is 0 Å². The van der Waals surface area contributed by atoms with Crippen LogP contribution in [0.15, 0.2) is 84.9 Å². The zero-order valence-corrected chi connectivity index (χ0v) is 14.5. The minimum Gasteiger partial charge on any atom is -0.423 e. The SMILES string of the molecule is Cc1ccc(C#Cc2ccc(/C=C/C(=O)Oc3ccccc3)cc2)cc1. The lowest BCUT2D eigenvalue weighted by molar-refractivity contribution is -0.128. The predicted octanol–water partition coefficient (Wildman–Crippen LogP) is 5.01. The molecular formula is C24H18O2. The van der Waals surface area contributed by atoms with Crippen LogP contribution >= 0.6 is 0 Å². The van der Waals surface area contributed by atoms with Crippen LogP contribution in [0.25, 0.3) is 6.08 Å². The van der Waals surface area contributed by atoms with E-state index in [2.05, 4.69) is 18.8 Å². The van der Waals surface area contributed by atoms with Gasteiger partial charge in [-0.3, -0.25) is 0 Å². The molecule has 0 aromatic heterocycles. The lowest BCUT2D eigenvalue weighted by Gasteiger charge is -1.99. The third-order valence-corrected chi connectivity index (χ3v) is 3.69. The second kappa shape index (κ2) is 8.50. The van der Waals surface area contributed by atoms with E-state index in [1.807, 2.05) is 66.7 Å². The molecule has 2 nitrogen and oxygen atoms in total. The van der Waals surface area contributed by atoms with Gasteiger partial charge in [-0.2, -0.15) is 0 Å². The highest BCUT2D eigenvalue weighted by atomic mass is 16.5. The van der Waals surface area contributed by atoms with Gasteiger partial charge in [0.15, 0.2) is 0 Å². The Hall–Kier alpha value is -3.57. The van der Waals surface area contributed by atoms with Crippen LogP contribution in [-0.4, -0.2) is 5.97 Å². The van der Waals surface area contributed by atoms with Gasteiger partial charge < -0.3 is 4.74 Å². The van der Waals surface area contributed by atoms with Crippen molar-refractivity contribution in [2.45, 2.75) is 6.92 Å². The van der Waals surface area contributed by atoms with Crippen molar-refractivity contribution < 1.29 is 9.53 Å². The standard InChI is InChI=1S/C24H18O2/c1-19-7-9-20(10-8-19)11-12-21-13-15-22(16-14-21)17-18-24(25)26-23-5-3-2-4-6-23/h2-10,13-18H,1H3/b18-17+. The first-order valence-electron chi connectivity index (χ1n) is 8.33. The van der Waals surface area contributed by atoms with Gasteiger partial charge in [-0.25, -0.2) is 4.79 Å². The summed E-state index contributed by atoms with van der Waals surface area (Å²) in [5.41, 5.74) is 4.05. The fourth-order valence-electron chi connectivity index (χ4n) is 2.26. The average Bonchev–Trinajstić information content (AvgIpc) is 2.67. The summed E-state index contributed by atoms with van der Waals surface area (Å²) >= 11 is 0. The normalized spacial score (nSPS) is 10.2. The van der Waals surface area contributed by atoms with Gasteiger partial charge in [0.25, 0.3) is 0 Å². The van der Waals surface area contributed by atoms with E-state index in [1.165, 1.54) is 11.6 Å². The lowest BCUT2D eigenvalue weighted by Crippen LogP contribution is -2.03. The Balaban J connectivity index is 1.61. The van der Waals surface area contributed by atoms with E-state index >= 15 is 0 Å². The first-order chi connectivity index (χ1) is 12.7. The number of hydrogen-bond acceptors (Lipinski definition) is 2. The molecule has 0 bridgehead atoms. The molecule has 0 unspecified atom stereocenters. The topological polar surface area (TPSA) is 26.3 Å². The van der Waals surface area contributed by atoms with Crippen molar-refractivity contribution in [3.05, 3.63) is 107 Å². The van der Waals surface area contributed by atoms with Gasteiger partial charge in [0.05, 0.1) is 0 Å². The second-order valence-electron chi connectivity index (χ2n) is 5.81. The maximum atomic E-state index is 11.8. The van der Waals surface area contributed by atoms with E-state index in [1.54, 1.807) is 18.2 Å². The van der Waals surface area contributed by atoms with Gasteiger partial charge in [-0.1, -0.05) is 59.9 Å². The van der Waals surface area contributed by atoms with Gasteiger partial charge in [-0.05, 0) is 55.0 Å². The number of carbonyl (C=O) groups is 1. The van der Waals surface area contributed by atoms with Gasteiger partial charge in [0.2, 0.25) is 0 Å². The molecular weight excluding hydrogens is 320 g/mol. The zero-order chi connectivity index (χ0) is 18.2. The Bertz CT molecular complexity index is 955. The summed E-state index contributed by atoms with van der Waals surface area (Å²) in [6, 6.07) is 24.8. The van der Waals surface area contributed by atoms with Crippen LogP contribution in [0.1, 0.15) is 22.3 Å². The Morgan fingerprint density at radius 2 is 1.38 bits per heavy atom. The van der Waals surface area contributed by atoms with Crippen molar-refractivity contribution >= 4 is 12.0 Å². The molecule has 0 amide bonds. The van der Waals surface area contributed by atoms with Crippen molar-refractivity contribution in [3.8, 4) is 17.6 Å². The number of para-hydroxylation sites is 1. The van der Waals surface area contributed by atoms with Crippen LogP contribution < -0.4 is 4.74 Å². The predicted molar refractivity (Wildman–Crippen MR) is 105 cm³/mol. The fourth-order valence-corrected chi connectivity index (χ4v) is 2.26. The highest BCUT2D eigenvalue weighted by molar-refractivity contribution is 5.88. The molecule has 0 aliphatic rings. The lowest BCUT2D eigenvalue weighted by atomic mass is 10.1. The Morgan fingerprint density at radius 1 is 0.808 bits per heavy atom. The fraction of sp³-hybridized carbons (Fsp3) is 0.0417. The minimum atomic E-state index is -0.403. The Morgan fingerprint density at radius 3 is 2.00 bits per heavy atom. The highest BCUT2D eigenvalue weighted by Gasteiger charge is 1.99. The number of ether oxygens (including phenoxy) is 1. The molecule has 26 heavy (non-hydrogen) atoms. The van der Waals surface area contributed by atoms with Crippen molar-refractivity contribution in [1.29, 1.82) is 0 Å². The summed E-state index contributed by atoms with van der Waals surface area (Å²) in [7, 11) is 0. The number of carbonyl (C=O) groups excluding carboxylic acids is 1. The summed E-state index contributed by atoms with van der Waals surface area (Å²) in [5, 5.41) is 0. The molecule has 0 fully saturated rings. The first kappa shape index (κ1) is 17.3. The molecule has 3 rings (SSSR count). The molecule has 0 atom stereocenters. The van der Waals surface area contributed by atoms with E-state index in [0.29, 0.717) is 5.75 Å². The highest BCUT2D eigenvalue weighted by Crippen LogP contribution is 2.10. The van der Waals surface area contributed by atoms with Crippen LogP contribution in [0.4, 0.5) is 0 Å². The molecule has 0 aliphatic carbocycles. The monoisotopic (exact) mass is 338 g/mol. The maximum Gasteiger partial charge on any atom is 0.336 e. The molecule has 0 radical (unpaired) electrons. The van der Waals surface area contributed by atoms with Crippen molar-refractivity contribution in [2.24, 2.45) is 0 Å². The molecule has 0 spiro atoms. The third-order valence-electron chi connectivity index (χ3n) is 3.69. The van der Waals surface area contributed by atoms with Crippen molar-refractivity contribution in [1.82, 2.24) is 0 Å². The van der Waals surface area contributed by atoms with Crippen LogP contribution in [0.2, 0.25) is 0 Å². The van der Waals surface area contributed by atoms with Crippen LogP contribution in [0.5, 0.6) is 5.75 Å². The Kier molecular flexibility index (Phi) is 5.65. The van der Waals surface area contributed by atoms with Crippen LogP contribution in [0, 0.1) is 18.8 Å². The molecule has 0 N–H and O–H groups in total. The van der Waals surface area contributed by atoms with Crippen molar-refractivity contribution in [2.75, 3.05) is 0 Å². The number of benzene rings is 3. The smallest absolute Gasteiger partial charge is 0.336 e. The molecule has 3 aromatic rings. The van der Waals surface area contributed by atoms with Gasteiger partial charge in [0.1, 0.15) is 5.75 Å². The Labute approximate surface area is 153 Å². The zero-order valence-electron chi connectivity index (χ0n) is 14.5. The van der Waals surface area contributed by atoms with E-state index in [9.17, 15) is 4.79 Å². The summed E-state index contributed by atoms with van der Waals surface area (Å²) < 4.78 is 5.21. The summed E-state index contributed by atoms with van der Waals surface area (Å²) in [6.45, 7) is 2.05. The largest absolute Gasteiger partial charge is 0.423 e. The molecule has 0 saturated carbocycles. The minimum absolute atomic E-state index is 0.403. The summed E-state index contributed by atoms with van der Waals surface area (Å²) in [5.74, 6) is 6.41. The number of hydrogen-bond donors (Lipinski definition) is 0. The molecule has 126 valence electrons. The second-order valence-corrected chi connectivity index (χ2v) is 5.81. The molecule has 2 heteroatoms. The molecule has 0 heterocycles. The number of aryl methyl sites for hydroxylation is 1. The van der Waals surface area contributed by atoms with Gasteiger partial charge in [-0.15, -0.1) is 0 Å². The van der Waals surface area contributed by atoms with E-state index in [4.69, 9.17) is 4.74 Å². The molecule has 3 aromatic carbocycles. The average molecular weight is 338 g/mol. The maximum absolute atomic E-state index is 11.8. The number of rotatable bonds is 3. The molecule has 0 aliphatic heterocycles. The van der Waals surface area contributed by atoms with Gasteiger partial charge in [0, 0.05) is 17.2 Å². The van der Waals surface area contributed by atoms with Crippen LogP contribution in [0.3, 0.4) is 0 Å². The molecule has 0 saturated heterocycles.